The van der Waals surface area contributed by atoms with Crippen molar-refractivity contribution < 1.29 is 14.6 Å². The number of aryl methyl sites for hydroxylation is 1. The van der Waals surface area contributed by atoms with Crippen LogP contribution in [0.1, 0.15) is 44.2 Å². The zero-order valence-corrected chi connectivity index (χ0v) is 12.1. The van der Waals surface area contributed by atoms with E-state index < -0.39 is 11.5 Å². The Balaban J connectivity index is 2.92. The number of carbonyl (C=O) groups is 1. The highest BCUT2D eigenvalue weighted by molar-refractivity contribution is 5.77. The van der Waals surface area contributed by atoms with Crippen molar-refractivity contribution in [2.45, 2.75) is 45.1 Å². The Bertz CT molecular complexity index is 453. The third-order valence-corrected chi connectivity index (χ3v) is 3.37. The van der Waals surface area contributed by atoms with Gasteiger partial charge in [0, 0.05) is 0 Å². The van der Waals surface area contributed by atoms with E-state index >= 15 is 0 Å². The minimum atomic E-state index is -1.21. The summed E-state index contributed by atoms with van der Waals surface area (Å²) in [5, 5.41) is 9.03. The SMILES string of the molecule is COc1ccc(C(C)C)cc1CCC(C)(N)C(=O)O. The standard InChI is InChI=1S/C15H23NO3/c1-10(2)11-5-6-13(19-4)12(9-11)7-8-15(3,16)14(17)18/h5-6,9-10H,7-8,16H2,1-4H3,(H,17,18). The lowest BCUT2D eigenvalue weighted by Gasteiger charge is -2.20. The van der Waals surface area contributed by atoms with Crippen LogP contribution in [0.25, 0.3) is 0 Å². The molecule has 0 heterocycles. The van der Waals surface area contributed by atoms with Gasteiger partial charge in [0.15, 0.2) is 0 Å². The maximum atomic E-state index is 11.0. The highest BCUT2D eigenvalue weighted by Crippen LogP contribution is 2.26. The molecule has 0 aromatic heterocycles. The molecular formula is C15H23NO3. The first-order valence-electron chi connectivity index (χ1n) is 6.47. The van der Waals surface area contributed by atoms with Gasteiger partial charge in [-0.2, -0.15) is 0 Å². The van der Waals surface area contributed by atoms with Crippen molar-refractivity contribution in [1.29, 1.82) is 0 Å². The average molecular weight is 265 g/mol. The van der Waals surface area contributed by atoms with Crippen LogP contribution >= 0.6 is 0 Å². The number of benzene rings is 1. The Labute approximate surface area is 114 Å². The van der Waals surface area contributed by atoms with E-state index in [4.69, 9.17) is 15.6 Å². The van der Waals surface area contributed by atoms with Gasteiger partial charge in [-0.1, -0.05) is 26.0 Å². The lowest BCUT2D eigenvalue weighted by Crippen LogP contribution is -2.45. The van der Waals surface area contributed by atoms with Gasteiger partial charge in [-0.05, 0) is 42.9 Å². The van der Waals surface area contributed by atoms with Gasteiger partial charge in [0.1, 0.15) is 11.3 Å². The number of hydrogen-bond acceptors (Lipinski definition) is 3. The molecule has 0 aliphatic carbocycles. The first-order valence-corrected chi connectivity index (χ1v) is 6.47. The molecule has 1 rings (SSSR count). The number of nitrogens with two attached hydrogens (primary N) is 1. The van der Waals surface area contributed by atoms with Crippen LogP contribution in [0, 0.1) is 0 Å². The third-order valence-electron chi connectivity index (χ3n) is 3.37. The fraction of sp³-hybridized carbons (Fsp3) is 0.533. The fourth-order valence-electron chi connectivity index (χ4n) is 1.85. The van der Waals surface area contributed by atoms with E-state index in [1.54, 1.807) is 7.11 Å². The van der Waals surface area contributed by atoms with Gasteiger partial charge in [-0.15, -0.1) is 0 Å². The molecule has 1 unspecified atom stereocenters. The molecule has 3 N–H and O–H groups in total. The van der Waals surface area contributed by atoms with Crippen LogP contribution in [0.15, 0.2) is 18.2 Å². The predicted octanol–water partition coefficient (Wildman–Crippen LogP) is 2.55. The van der Waals surface area contributed by atoms with E-state index in [1.807, 2.05) is 12.1 Å². The number of ether oxygens (including phenoxy) is 1. The van der Waals surface area contributed by atoms with Gasteiger partial charge < -0.3 is 15.6 Å². The molecule has 0 saturated carbocycles. The summed E-state index contributed by atoms with van der Waals surface area (Å²) in [4.78, 5) is 11.0. The summed E-state index contributed by atoms with van der Waals surface area (Å²) < 4.78 is 5.32. The second kappa shape index (κ2) is 6.06. The summed E-state index contributed by atoms with van der Waals surface area (Å²) in [7, 11) is 1.62. The molecule has 106 valence electrons. The lowest BCUT2D eigenvalue weighted by molar-refractivity contribution is -0.142. The highest BCUT2D eigenvalue weighted by atomic mass is 16.5. The van der Waals surface area contributed by atoms with Crippen LogP contribution in [-0.4, -0.2) is 23.7 Å². The summed E-state index contributed by atoms with van der Waals surface area (Å²) in [6, 6.07) is 6.03. The number of carboxylic acids is 1. The number of aliphatic carboxylic acids is 1. The molecule has 4 nitrogen and oxygen atoms in total. The lowest BCUT2D eigenvalue weighted by atomic mass is 9.92. The van der Waals surface area contributed by atoms with Crippen molar-refractivity contribution in [2.75, 3.05) is 7.11 Å². The van der Waals surface area contributed by atoms with E-state index in [9.17, 15) is 4.79 Å². The van der Waals surface area contributed by atoms with Crippen molar-refractivity contribution in [3.05, 3.63) is 29.3 Å². The molecule has 1 aromatic rings. The summed E-state index contributed by atoms with van der Waals surface area (Å²) >= 11 is 0. The summed E-state index contributed by atoms with van der Waals surface area (Å²) in [6.45, 7) is 5.78. The summed E-state index contributed by atoms with van der Waals surface area (Å²) in [5.74, 6) is 0.227. The first-order chi connectivity index (χ1) is 8.77. The molecule has 0 amide bonds. The number of carboxylic acid groups (broad SMARTS) is 1. The predicted molar refractivity (Wildman–Crippen MR) is 75.6 cm³/mol. The van der Waals surface area contributed by atoms with Crippen LogP contribution in [0.5, 0.6) is 5.75 Å². The molecule has 0 spiro atoms. The van der Waals surface area contributed by atoms with Crippen molar-refractivity contribution in [2.24, 2.45) is 5.73 Å². The summed E-state index contributed by atoms with van der Waals surface area (Å²) in [6.07, 6.45) is 0.962. The largest absolute Gasteiger partial charge is 0.496 e. The maximum Gasteiger partial charge on any atom is 0.323 e. The van der Waals surface area contributed by atoms with E-state index in [2.05, 4.69) is 19.9 Å². The second-order valence-electron chi connectivity index (χ2n) is 5.45. The van der Waals surface area contributed by atoms with Crippen molar-refractivity contribution in [3.8, 4) is 5.75 Å². The molecule has 0 aliphatic rings. The molecule has 1 aromatic carbocycles. The minimum absolute atomic E-state index is 0.375. The zero-order valence-electron chi connectivity index (χ0n) is 12.1. The fourth-order valence-corrected chi connectivity index (χ4v) is 1.85. The molecule has 1 atom stereocenters. The Hall–Kier alpha value is -1.55. The van der Waals surface area contributed by atoms with Crippen LogP contribution in [0.3, 0.4) is 0 Å². The van der Waals surface area contributed by atoms with Gasteiger partial charge in [-0.25, -0.2) is 0 Å². The highest BCUT2D eigenvalue weighted by Gasteiger charge is 2.27. The first kappa shape index (κ1) is 15.5. The van der Waals surface area contributed by atoms with Crippen molar-refractivity contribution in [3.63, 3.8) is 0 Å². The molecule has 0 radical (unpaired) electrons. The Morgan fingerprint density at radius 3 is 2.58 bits per heavy atom. The third kappa shape index (κ3) is 3.96. The molecule has 0 aliphatic heterocycles. The summed E-state index contributed by atoms with van der Waals surface area (Å²) in [5.41, 5.74) is 6.77. The van der Waals surface area contributed by atoms with E-state index in [0.717, 1.165) is 11.3 Å². The van der Waals surface area contributed by atoms with Crippen molar-refractivity contribution >= 4 is 5.97 Å². The molecule has 0 bridgehead atoms. The van der Waals surface area contributed by atoms with Gasteiger partial charge in [0.05, 0.1) is 7.11 Å². The zero-order chi connectivity index (χ0) is 14.6. The van der Waals surface area contributed by atoms with E-state index in [0.29, 0.717) is 18.8 Å². The van der Waals surface area contributed by atoms with Crippen molar-refractivity contribution in [1.82, 2.24) is 0 Å². The Kier molecular flexibility index (Phi) is 4.95. The number of methoxy groups -OCH3 is 1. The minimum Gasteiger partial charge on any atom is -0.496 e. The van der Waals surface area contributed by atoms with E-state index in [-0.39, 0.29) is 0 Å². The normalized spacial score (nSPS) is 14.2. The molecule has 19 heavy (non-hydrogen) atoms. The molecular weight excluding hydrogens is 242 g/mol. The van der Waals surface area contributed by atoms with Gasteiger partial charge in [0.2, 0.25) is 0 Å². The van der Waals surface area contributed by atoms with Gasteiger partial charge >= 0.3 is 5.97 Å². The number of hydrogen-bond donors (Lipinski definition) is 2. The van der Waals surface area contributed by atoms with Crippen LogP contribution in [0.4, 0.5) is 0 Å². The van der Waals surface area contributed by atoms with Crippen LogP contribution in [0.2, 0.25) is 0 Å². The average Bonchev–Trinajstić information content (AvgIpc) is 2.35. The quantitative estimate of drug-likeness (QED) is 0.829. The smallest absolute Gasteiger partial charge is 0.323 e. The molecule has 0 fully saturated rings. The molecule has 4 heteroatoms. The molecule has 0 saturated heterocycles. The van der Waals surface area contributed by atoms with Gasteiger partial charge in [0.25, 0.3) is 0 Å². The maximum absolute atomic E-state index is 11.0. The number of rotatable bonds is 6. The van der Waals surface area contributed by atoms with E-state index in [1.165, 1.54) is 12.5 Å². The van der Waals surface area contributed by atoms with Crippen LogP contribution < -0.4 is 10.5 Å². The Morgan fingerprint density at radius 2 is 2.11 bits per heavy atom. The second-order valence-corrected chi connectivity index (χ2v) is 5.45. The monoisotopic (exact) mass is 265 g/mol. The van der Waals surface area contributed by atoms with Crippen LogP contribution in [-0.2, 0) is 11.2 Å². The Morgan fingerprint density at radius 1 is 1.47 bits per heavy atom. The topological polar surface area (TPSA) is 72.5 Å². The van der Waals surface area contributed by atoms with Gasteiger partial charge in [-0.3, -0.25) is 4.79 Å².